The Hall–Kier alpha value is -3.35. The molecule has 3 atom stereocenters. The summed E-state index contributed by atoms with van der Waals surface area (Å²) in [6.45, 7) is 2.81. The Balaban J connectivity index is 1.66. The molecule has 5 rings (SSSR count). The van der Waals surface area contributed by atoms with Crippen molar-refractivity contribution in [3.05, 3.63) is 99.0 Å². The number of halogens is 3. The number of carboxylic acid groups (broad SMARTS) is 1. The van der Waals surface area contributed by atoms with Crippen LogP contribution < -0.4 is 0 Å². The standard InChI is InChI=1S/C31H31Cl3N4O6S/c1-19(2)35-18-28-37(45(43,44)27-13-12-23(33)15-24(27)34)17-26(36(31(41)42)16-21-6-4-3-5-7-21)30(40)38(28)25(29(35)39)14-20-8-10-22(32)11-9-20/h3-13,15,19,25-26,28H,14,16-18H2,1-2H3,(H,41,42). The summed E-state index contributed by atoms with van der Waals surface area (Å²) in [5.74, 6) is -1.04. The Labute approximate surface area is 276 Å². The van der Waals surface area contributed by atoms with Gasteiger partial charge in [0, 0.05) is 35.6 Å². The number of carbonyl (C=O) groups is 3. The van der Waals surface area contributed by atoms with Crippen molar-refractivity contribution in [3.8, 4) is 0 Å². The quantitative estimate of drug-likeness (QED) is 0.346. The van der Waals surface area contributed by atoms with E-state index in [1.54, 1.807) is 73.3 Å². The summed E-state index contributed by atoms with van der Waals surface area (Å²) in [7, 11) is -4.46. The molecule has 2 fully saturated rings. The van der Waals surface area contributed by atoms with Crippen LogP contribution in [-0.2, 0) is 32.6 Å². The lowest BCUT2D eigenvalue weighted by Gasteiger charge is -2.55. The van der Waals surface area contributed by atoms with Crippen molar-refractivity contribution in [2.24, 2.45) is 0 Å². The van der Waals surface area contributed by atoms with Gasteiger partial charge in [-0.15, -0.1) is 0 Å². The van der Waals surface area contributed by atoms with Crippen LogP contribution in [0.2, 0.25) is 15.1 Å². The molecule has 2 aliphatic heterocycles. The predicted molar refractivity (Wildman–Crippen MR) is 171 cm³/mol. The topological polar surface area (TPSA) is 119 Å². The van der Waals surface area contributed by atoms with Crippen molar-refractivity contribution in [1.82, 2.24) is 19.0 Å². The third-order valence-corrected chi connectivity index (χ3v) is 10.9. The van der Waals surface area contributed by atoms with E-state index >= 15 is 0 Å². The van der Waals surface area contributed by atoms with E-state index in [0.717, 1.165) is 9.21 Å². The van der Waals surface area contributed by atoms with Crippen molar-refractivity contribution >= 4 is 62.7 Å². The highest BCUT2D eigenvalue weighted by atomic mass is 35.5. The summed E-state index contributed by atoms with van der Waals surface area (Å²) in [4.78, 5) is 44.6. The van der Waals surface area contributed by atoms with E-state index in [1.807, 2.05) is 0 Å². The number of hydrogen-bond donors (Lipinski definition) is 1. The number of benzene rings is 3. The van der Waals surface area contributed by atoms with Crippen LogP contribution in [0.15, 0.2) is 77.7 Å². The number of piperazine rings is 1. The van der Waals surface area contributed by atoms with Gasteiger partial charge >= 0.3 is 6.09 Å². The van der Waals surface area contributed by atoms with Crippen LogP contribution >= 0.6 is 34.8 Å². The molecule has 45 heavy (non-hydrogen) atoms. The van der Waals surface area contributed by atoms with Gasteiger partial charge < -0.3 is 14.9 Å². The molecule has 0 aromatic heterocycles. The second-order valence-electron chi connectivity index (χ2n) is 11.2. The SMILES string of the molecule is CC(C)N1CC2N(C(=O)C(N(Cc3ccccc3)C(=O)O)CN2S(=O)(=O)c2ccc(Cl)cc2Cl)C(Cc2ccc(Cl)cc2)C1=O. The number of carbonyl (C=O) groups excluding carboxylic acids is 2. The summed E-state index contributed by atoms with van der Waals surface area (Å²) in [5, 5.41) is 10.9. The van der Waals surface area contributed by atoms with Crippen molar-refractivity contribution < 1.29 is 27.9 Å². The van der Waals surface area contributed by atoms with E-state index in [2.05, 4.69) is 0 Å². The fourth-order valence-corrected chi connectivity index (χ4v) is 8.28. The van der Waals surface area contributed by atoms with Crippen LogP contribution in [0.4, 0.5) is 4.79 Å². The zero-order valence-corrected chi connectivity index (χ0v) is 27.5. The van der Waals surface area contributed by atoms with Crippen LogP contribution in [-0.4, -0.2) is 87.8 Å². The van der Waals surface area contributed by atoms with Crippen molar-refractivity contribution in [1.29, 1.82) is 0 Å². The molecule has 0 aliphatic carbocycles. The molecule has 0 saturated carbocycles. The number of fused-ring (bicyclic) bond motifs is 1. The molecule has 0 bridgehead atoms. The van der Waals surface area contributed by atoms with Gasteiger partial charge in [0.2, 0.25) is 21.8 Å². The molecule has 3 aromatic carbocycles. The number of hydrogen-bond acceptors (Lipinski definition) is 5. The molecule has 2 saturated heterocycles. The minimum atomic E-state index is -4.46. The van der Waals surface area contributed by atoms with Crippen LogP contribution in [0.1, 0.15) is 25.0 Å². The van der Waals surface area contributed by atoms with Gasteiger partial charge in [-0.25, -0.2) is 13.2 Å². The van der Waals surface area contributed by atoms with E-state index in [9.17, 15) is 27.9 Å². The van der Waals surface area contributed by atoms with Crippen molar-refractivity contribution in [3.63, 3.8) is 0 Å². The average molecular weight is 694 g/mol. The van der Waals surface area contributed by atoms with Gasteiger partial charge in [0.1, 0.15) is 23.1 Å². The lowest BCUT2D eigenvalue weighted by molar-refractivity contribution is -0.171. The molecule has 2 heterocycles. The molecule has 0 spiro atoms. The van der Waals surface area contributed by atoms with E-state index in [4.69, 9.17) is 34.8 Å². The zero-order valence-electron chi connectivity index (χ0n) is 24.4. The van der Waals surface area contributed by atoms with Gasteiger partial charge in [-0.1, -0.05) is 77.3 Å². The van der Waals surface area contributed by atoms with Crippen LogP contribution in [0.3, 0.4) is 0 Å². The highest BCUT2D eigenvalue weighted by Gasteiger charge is 2.55. The van der Waals surface area contributed by atoms with E-state index in [0.29, 0.717) is 16.1 Å². The normalized spacial score (nSPS) is 20.8. The van der Waals surface area contributed by atoms with Gasteiger partial charge in [0.15, 0.2) is 0 Å². The first-order chi connectivity index (χ1) is 21.3. The molecule has 10 nitrogen and oxygen atoms in total. The molecule has 238 valence electrons. The zero-order chi connectivity index (χ0) is 32.6. The van der Waals surface area contributed by atoms with E-state index in [1.165, 1.54) is 23.1 Å². The Morgan fingerprint density at radius 2 is 1.56 bits per heavy atom. The maximum atomic E-state index is 14.5. The molecule has 0 radical (unpaired) electrons. The predicted octanol–water partition coefficient (Wildman–Crippen LogP) is 5.22. The number of rotatable bonds is 8. The lowest BCUT2D eigenvalue weighted by Crippen LogP contribution is -2.76. The summed E-state index contributed by atoms with van der Waals surface area (Å²) < 4.78 is 29.9. The van der Waals surface area contributed by atoms with Crippen LogP contribution in [0.25, 0.3) is 0 Å². The number of sulfonamides is 1. The van der Waals surface area contributed by atoms with Crippen molar-refractivity contribution in [2.75, 3.05) is 13.1 Å². The summed E-state index contributed by atoms with van der Waals surface area (Å²) in [5.41, 5.74) is 1.29. The van der Waals surface area contributed by atoms with Gasteiger partial charge in [-0.2, -0.15) is 4.31 Å². The molecule has 3 amide bonds. The maximum Gasteiger partial charge on any atom is 0.408 e. The molecule has 3 unspecified atom stereocenters. The fourth-order valence-electron chi connectivity index (χ4n) is 5.83. The minimum Gasteiger partial charge on any atom is -0.465 e. The summed E-state index contributed by atoms with van der Waals surface area (Å²) >= 11 is 18.5. The van der Waals surface area contributed by atoms with Crippen molar-refractivity contribution in [2.45, 2.75) is 56.0 Å². The summed E-state index contributed by atoms with van der Waals surface area (Å²) in [6, 6.07) is 16.5. The highest BCUT2D eigenvalue weighted by molar-refractivity contribution is 7.89. The Morgan fingerprint density at radius 1 is 0.911 bits per heavy atom. The first-order valence-corrected chi connectivity index (χ1v) is 16.7. The van der Waals surface area contributed by atoms with E-state index in [-0.39, 0.29) is 46.4 Å². The second-order valence-corrected chi connectivity index (χ2v) is 14.4. The number of nitrogens with zero attached hydrogens (tertiary/aromatic N) is 4. The van der Waals surface area contributed by atoms with Gasteiger partial charge in [0.25, 0.3) is 0 Å². The monoisotopic (exact) mass is 692 g/mol. The fraction of sp³-hybridized carbons (Fsp3) is 0.323. The molecule has 14 heteroatoms. The average Bonchev–Trinajstić information content (AvgIpc) is 2.98. The Kier molecular flexibility index (Phi) is 9.67. The third-order valence-electron chi connectivity index (χ3n) is 8.07. The third kappa shape index (κ3) is 6.64. The molecular weight excluding hydrogens is 663 g/mol. The second kappa shape index (κ2) is 13.2. The lowest BCUT2D eigenvalue weighted by atomic mass is 9.96. The Bertz CT molecular complexity index is 1710. The largest absolute Gasteiger partial charge is 0.465 e. The molecule has 2 aliphatic rings. The van der Waals surface area contributed by atoms with Gasteiger partial charge in [-0.05, 0) is 55.3 Å². The van der Waals surface area contributed by atoms with Gasteiger partial charge in [0.05, 0.1) is 11.6 Å². The highest BCUT2D eigenvalue weighted by Crippen LogP contribution is 2.36. The Morgan fingerprint density at radius 3 is 2.16 bits per heavy atom. The first kappa shape index (κ1) is 33.0. The summed E-state index contributed by atoms with van der Waals surface area (Å²) in [6.07, 6.45) is -2.51. The maximum absolute atomic E-state index is 14.5. The van der Waals surface area contributed by atoms with Crippen LogP contribution in [0, 0.1) is 0 Å². The minimum absolute atomic E-state index is 0.0511. The van der Waals surface area contributed by atoms with Crippen LogP contribution in [0.5, 0.6) is 0 Å². The van der Waals surface area contributed by atoms with E-state index < -0.39 is 46.8 Å². The first-order valence-electron chi connectivity index (χ1n) is 14.2. The molecule has 1 N–H and O–H groups in total. The molecule has 3 aromatic rings. The molecular formula is C31H31Cl3N4O6S. The smallest absolute Gasteiger partial charge is 0.408 e. The number of amides is 3. The van der Waals surface area contributed by atoms with Gasteiger partial charge in [-0.3, -0.25) is 14.5 Å².